The summed E-state index contributed by atoms with van der Waals surface area (Å²) in [6.07, 6.45) is -0.177. The first-order chi connectivity index (χ1) is 10.2. The Morgan fingerprint density at radius 2 is 2.24 bits per heavy atom. The first-order valence-electron chi connectivity index (χ1n) is 6.88. The van der Waals surface area contributed by atoms with Crippen LogP contribution in [0, 0.1) is 6.92 Å². The normalized spacial score (nSPS) is 15.5. The zero-order valence-corrected chi connectivity index (χ0v) is 12.4. The second-order valence-electron chi connectivity index (χ2n) is 4.97. The number of rotatable bonds is 4. The first kappa shape index (κ1) is 13.8. The van der Waals surface area contributed by atoms with Crippen molar-refractivity contribution in [1.29, 1.82) is 0 Å². The zero-order valence-electron chi connectivity index (χ0n) is 12.4. The van der Waals surface area contributed by atoms with Gasteiger partial charge in [-0.3, -0.25) is 0 Å². The van der Waals surface area contributed by atoms with E-state index in [0.717, 1.165) is 17.9 Å². The number of hydrogen-bond acceptors (Lipinski definition) is 7. The van der Waals surface area contributed by atoms with Crippen molar-refractivity contribution < 1.29 is 14.0 Å². The SMILES string of the molecule is CO[C@H](C)c1noc(CN2CCOc3nc(C)ccc32)n1. The van der Waals surface area contributed by atoms with Gasteiger partial charge in [-0.1, -0.05) is 5.16 Å². The van der Waals surface area contributed by atoms with E-state index in [-0.39, 0.29) is 6.10 Å². The Balaban J connectivity index is 1.79. The maximum absolute atomic E-state index is 5.59. The lowest BCUT2D eigenvalue weighted by Crippen LogP contribution is -2.32. The second kappa shape index (κ2) is 5.69. The van der Waals surface area contributed by atoms with E-state index < -0.39 is 0 Å². The van der Waals surface area contributed by atoms with Crippen LogP contribution in [0.15, 0.2) is 16.7 Å². The van der Waals surface area contributed by atoms with Crippen LogP contribution in [0.1, 0.15) is 30.4 Å². The molecule has 0 fully saturated rings. The predicted molar refractivity (Wildman–Crippen MR) is 75.2 cm³/mol. The van der Waals surface area contributed by atoms with Crippen LogP contribution in [0.5, 0.6) is 5.88 Å². The highest BCUT2D eigenvalue weighted by Gasteiger charge is 2.22. The summed E-state index contributed by atoms with van der Waals surface area (Å²) < 4.78 is 16.1. The van der Waals surface area contributed by atoms with Crippen LogP contribution < -0.4 is 9.64 Å². The molecule has 112 valence electrons. The Hall–Kier alpha value is -2.15. The number of ether oxygens (including phenoxy) is 2. The van der Waals surface area contributed by atoms with Crippen LogP contribution in [0.4, 0.5) is 5.69 Å². The van der Waals surface area contributed by atoms with Gasteiger partial charge in [-0.25, -0.2) is 4.98 Å². The molecule has 0 amide bonds. The molecule has 21 heavy (non-hydrogen) atoms. The zero-order chi connectivity index (χ0) is 14.8. The van der Waals surface area contributed by atoms with Crippen molar-refractivity contribution in [2.24, 2.45) is 0 Å². The Labute approximate surface area is 122 Å². The highest BCUT2D eigenvalue weighted by Crippen LogP contribution is 2.30. The van der Waals surface area contributed by atoms with Gasteiger partial charge in [0.15, 0.2) is 5.82 Å². The predicted octanol–water partition coefficient (Wildman–Crippen LogP) is 1.88. The number of hydrogen-bond donors (Lipinski definition) is 0. The molecule has 0 aliphatic carbocycles. The molecule has 0 spiro atoms. The highest BCUT2D eigenvalue weighted by molar-refractivity contribution is 5.56. The van der Waals surface area contributed by atoms with Crippen LogP contribution in [0.2, 0.25) is 0 Å². The molecule has 0 radical (unpaired) electrons. The van der Waals surface area contributed by atoms with Gasteiger partial charge in [0.1, 0.15) is 18.4 Å². The third-order valence-electron chi connectivity index (χ3n) is 3.45. The third kappa shape index (κ3) is 2.82. The summed E-state index contributed by atoms with van der Waals surface area (Å²) in [5.74, 6) is 1.77. The van der Waals surface area contributed by atoms with Gasteiger partial charge in [-0.15, -0.1) is 0 Å². The van der Waals surface area contributed by atoms with E-state index in [1.807, 2.05) is 26.0 Å². The van der Waals surface area contributed by atoms with Gasteiger partial charge in [0.05, 0.1) is 13.1 Å². The molecule has 2 aromatic heterocycles. The van der Waals surface area contributed by atoms with Crippen LogP contribution in [-0.4, -0.2) is 35.4 Å². The Morgan fingerprint density at radius 3 is 3.05 bits per heavy atom. The molecule has 3 rings (SSSR count). The molecule has 3 heterocycles. The summed E-state index contributed by atoms with van der Waals surface area (Å²) in [4.78, 5) is 10.9. The fourth-order valence-corrected chi connectivity index (χ4v) is 2.18. The number of aryl methyl sites for hydroxylation is 1. The molecule has 0 saturated heterocycles. The molecule has 0 saturated carbocycles. The van der Waals surface area contributed by atoms with Crippen LogP contribution >= 0.6 is 0 Å². The largest absolute Gasteiger partial charge is 0.474 e. The minimum absolute atomic E-state index is 0.177. The van der Waals surface area contributed by atoms with Crippen molar-refractivity contribution in [3.8, 4) is 5.88 Å². The highest BCUT2D eigenvalue weighted by atomic mass is 16.5. The van der Waals surface area contributed by atoms with Crippen molar-refractivity contribution in [2.45, 2.75) is 26.5 Å². The fraction of sp³-hybridized carbons (Fsp3) is 0.500. The lowest BCUT2D eigenvalue weighted by molar-refractivity contribution is 0.109. The molecular weight excluding hydrogens is 272 g/mol. The van der Waals surface area contributed by atoms with E-state index in [4.69, 9.17) is 14.0 Å². The number of aromatic nitrogens is 3. The molecule has 1 aliphatic rings. The number of nitrogens with zero attached hydrogens (tertiary/aromatic N) is 4. The fourth-order valence-electron chi connectivity index (χ4n) is 2.18. The standard InChI is InChI=1S/C14H18N4O3/c1-9-4-5-11-14(15-9)20-7-6-18(11)8-12-16-13(17-21-12)10(2)19-3/h4-5,10H,6-8H2,1-3H3/t10-/m1/s1. The monoisotopic (exact) mass is 290 g/mol. The maximum Gasteiger partial charge on any atom is 0.246 e. The van der Waals surface area contributed by atoms with Gasteiger partial charge in [-0.2, -0.15) is 4.98 Å². The lowest BCUT2D eigenvalue weighted by Gasteiger charge is -2.29. The maximum atomic E-state index is 5.59. The van der Waals surface area contributed by atoms with Gasteiger partial charge < -0.3 is 18.9 Å². The molecule has 1 atom stereocenters. The van der Waals surface area contributed by atoms with E-state index in [1.54, 1.807) is 7.11 Å². The molecule has 0 N–H and O–H groups in total. The summed E-state index contributed by atoms with van der Waals surface area (Å²) in [7, 11) is 1.62. The topological polar surface area (TPSA) is 73.5 Å². The van der Waals surface area contributed by atoms with Gasteiger partial charge in [0, 0.05) is 12.8 Å². The van der Waals surface area contributed by atoms with Crippen molar-refractivity contribution in [3.05, 3.63) is 29.5 Å². The molecule has 0 unspecified atom stereocenters. The summed E-state index contributed by atoms with van der Waals surface area (Å²) in [5.41, 5.74) is 1.89. The molecule has 7 nitrogen and oxygen atoms in total. The van der Waals surface area contributed by atoms with E-state index in [9.17, 15) is 0 Å². The summed E-state index contributed by atoms with van der Waals surface area (Å²) in [6, 6.07) is 3.97. The van der Waals surface area contributed by atoms with Crippen molar-refractivity contribution in [2.75, 3.05) is 25.2 Å². The Kier molecular flexibility index (Phi) is 3.74. The van der Waals surface area contributed by atoms with Crippen LogP contribution in [0.25, 0.3) is 0 Å². The van der Waals surface area contributed by atoms with Crippen molar-refractivity contribution in [1.82, 2.24) is 15.1 Å². The quantitative estimate of drug-likeness (QED) is 0.851. The smallest absolute Gasteiger partial charge is 0.246 e. The van der Waals surface area contributed by atoms with E-state index in [1.165, 1.54) is 0 Å². The molecular formula is C14H18N4O3. The van der Waals surface area contributed by atoms with Gasteiger partial charge in [0.25, 0.3) is 0 Å². The van der Waals surface area contributed by atoms with E-state index >= 15 is 0 Å². The average Bonchev–Trinajstić information content (AvgIpc) is 2.95. The molecule has 2 aromatic rings. The minimum Gasteiger partial charge on any atom is -0.474 e. The van der Waals surface area contributed by atoms with Gasteiger partial charge in [-0.05, 0) is 26.0 Å². The number of methoxy groups -OCH3 is 1. The summed E-state index contributed by atoms with van der Waals surface area (Å²) in [6.45, 7) is 5.71. The Bertz CT molecular complexity index is 628. The second-order valence-corrected chi connectivity index (χ2v) is 4.97. The van der Waals surface area contributed by atoms with Crippen LogP contribution in [-0.2, 0) is 11.3 Å². The van der Waals surface area contributed by atoms with Crippen molar-refractivity contribution in [3.63, 3.8) is 0 Å². The van der Waals surface area contributed by atoms with Gasteiger partial charge >= 0.3 is 0 Å². The number of pyridine rings is 1. The molecule has 1 aliphatic heterocycles. The summed E-state index contributed by atoms with van der Waals surface area (Å²) in [5, 5.41) is 3.94. The van der Waals surface area contributed by atoms with Crippen LogP contribution in [0.3, 0.4) is 0 Å². The van der Waals surface area contributed by atoms with Gasteiger partial charge in [0.2, 0.25) is 11.8 Å². The minimum atomic E-state index is -0.177. The average molecular weight is 290 g/mol. The Morgan fingerprint density at radius 1 is 1.38 bits per heavy atom. The first-order valence-corrected chi connectivity index (χ1v) is 6.88. The number of anilines is 1. The molecule has 7 heteroatoms. The molecule has 0 aromatic carbocycles. The third-order valence-corrected chi connectivity index (χ3v) is 3.45. The lowest BCUT2D eigenvalue weighted by atomic mass is 10.2. The number of fused-ring (bicyclic) bond motifs is 1. The summed E-state index contributed by atoms with van der Waals surface area (Å²) >= 11 is 0. The molecule has 0 bridgehead atoms. The van der Waals surface area contributed by atoms with E-state index in [0.29, 0.717) is 30.7 Å². The van der Waals surface area contributed by atoms with Crippen molar-refractivity contribution >= 4 is 5.69 Å². The van der Waals surface area contributed by atoms with E-state index in [2.05, 4.69) is 20.0 Å².